The van der Waals surface area contributed by atoms with Gasteiger partial charge in [0.2, 0.25) is 0 Å². The largest absolute Gasteiger partial charge is 0.310 e. The summed E-state index contributed by atoms with van der Waals surface area (Å²) in [5, 5.41) is 3.58. The molecule has 0 fully saturated rings. The Morgan fingerprint density at radius 1 is 1.08 bits per heavy atom. The van der Waals surface area contributed by atoms with Gasteiger partial charge in [-0.15, -0.1) is 0 Å². The highest BCUT2D eigenvalue weighted by molar-refractivity contribution is 5.39. The van der Waals surface area contributed by atoms with Crippen molar-refractivity contribution in [1.29, 1.82) is 0 Å². The van der Waals surface area contributed by atoms with Gasteiger partial charge in [-0.2, -0.15) is 0 Å². The molecule has 0 saturated carbocycles. The van der Waals surface area contributed by atoms with E-state index in [9.17, 15) is 0 Å². The van der Waals surface area contributed by atoms with Crippen LogP contribution in [-0.4, -0.2) is 25.5 Å². The van der Waals surface area contributed by atoms with Crippen LogP contribution in [-0.2, 0) is 6.42 Å². The van der Waals surface area contributed by atoms with Crippen molar-refractivity contribution < 1.29 is 0 Å². The first-order valence-corrected chi connectivity index (χ1v) is 8.54. The topological polar surface area (TPSA) is 47.1 Å². The lowest BCUT2D eigenvalue weighted by molar-refractivity contribution is 0.574. The van der Waals surface area contributed by atoms with Gasteiger partial charge in [0.1, 0.15) is 5.65 Å². The van der Waals surface area contributed by atoms with Crippen LogP contribution in [0.5, 0.6) is 0 Å². The average molecular weight is 331 g/mol. The van der Waals surface area contributed by atoms with Crippen LogP contribution in [0.3, 0.4) is 0 Å². The van der Waals surface area contributed by atoms with Crippen LogP contribution >= 0.6 is 0 Å². The van der Waals surface area contributed by atoms with Crippen molar-refractivity contribution in [3.05, 3.63) is 84.8 Å². The van der Waals surface area contributed by atoms with E-state index in [1.54, 1.807) is 6.20 Å². The quantitative estimate of drug-likeness (QED) is 0.589. The lowest BCUT2D eigenvalue weighted by Gasteiger charge is -2.14. The van der Waals surface area contributed by atoms with Gasteiger partial charge in [-0.3, -0.25) is 0 Å². The molecule has 1 atom stereocenters. The minimum absolute atomic E-state index is 0.300. The maximum Gasteiger partial charge on any atom is 0.136 e. The van der Waals surface area contributed by atoms with E-state index < -0.39 is 0 Å². The molecule has 25 heavy (non-hydrogen) atoms. The number of pyridine rings is 1. The molecule has 0 aliphatic heterocycles. The van der Waals surface area contributed by atoms with Crippen LogP contribution in [0.1, 0.15) is 24.2 Å². The first kappa shape index (κ1) is 15.6. The fourth-order valence-corrected chi connectivity index (χ4v) is 2.99. The zero-order chi connectivity index (χ0) is 17.1. The summed E-state index contributed by atoms with van der Waals surface area (Å²) in [6, 6.07) is 14.9. The molecule has 0 spiro atoms. The first-order valence-electron chi connectivity index (χ1n) is 8.54. The van der Waals surface area contributed by atoms with Gasteiger partial charge < -0.3 is 14.3 Å². The van der Waals surface area contributed by atoms with Crippen LogP contribution in [0.4, 0.5) is 0 Å². The van der Waals surface area contributed by atoms with Gasteiger partial charge in [0, 0.05) is 49.5 Å². The van der Waals surface area contributed by atoms with E-state index in [0.29, 0.717) is 6.04 Å². The van der Waals surface area contributed by atoms with Crippen molar-refractivity contribution in [2.75, 3.05) is 6.54 Å². The van der Waals surface area contributed by atoms with Gasteiger partial charge in [0.05, 0.1) is 12.0 Å². The molecule has 1 N–H and O–H groups in total. The van der Waals surface area contributed by atoms with Crippen LogP contribution < -0.4 is 5.32 Å². The molecular weight excluding hydrogens is 310 g/mol. The summed E-state index contributed by atoms with van der Waals surface area (Å²) in [4.78, 5) is 8.72. The summed E-state index contributed by atoms with van der Waals surface area (Å²) in [5.41, 5.74) is 4.51. The third-order valence-electron chi connectivity index (χ3n) is 4.44. The highest BCUT2D eigenvalue weighted by Crippen LogP contribution is 2.15. The van der Waals surface area contributed by atoms with Crippen LogP contribution in [0.2, 0.25) is 0 Å². The molecular formula is C20H21N5. The Morgan fingerprint density at radius 3 is 2.72 bits per heavy atom. The maximum absolute atomic E-state index is 4.64. The molecule has 0 aliphatic rings. The maximum atomic E-state index is 4.64. The molecule has 0 radical (unpaired) electrons. The minimum atomic E-state index is 0.300. The standard InChI is InChI=1S/C20H21N5/c1-16(17-5-7-19(8-6-17)25-13-11-21-15-25)22-10-9-18-14-24-12-3-2-4-20(24)23-18/h2-8,11-16,22H,9-10H2,1H3. The lowest BCUT2D eigenvalue weighted by Crippen LogP contribution is -2.21. The normalized spacial score (nSPS) is 12.5. The molecule has 1 unspecified atom stereocenters. The van der Waals surface area contributed by atoms with E-state index in [4.69, 9.17) is 0 Å². The van der Waals surface area contributed by atoms with Crippen molar-refractivity contribution in [3.63, 3.8) is 0 Å². The number of nitrogens with one attached hydrogen (secondary N) is 1. The molecule has 5 nitrogen and oxygen atoms in total. The summed E-state index contributed by atoms with van der Waals surface area (Å²) < 4.78 is 4.07. The monoisotopic (exact) mass is 331 g/mol. The van der Waals surface area contributed by atoms with Gasteiger partial charge in [-0.1, -0.05) is 18.2 Å². The van der Waals surface area contributed by atoms with Crippen molar-refractivity contribution in [2.24, 2.45) is 0 Å². The predicted molar refractivity (Wildman–Crippen MR) is 98.9 cm³/mol. The van der Waals surface area contributed by atoms with E-state index in [-0.39, 0.29) is 0 Å². The number of benzene rings is 1. The Morgan fingerprint density at radius 2 is 1.96 bits per heavy atom. The summed E-state index contributed by atoms with van der Waals surface area (Å²) in [6.07, 6.45) is 10.6. The first-order chi connectivity index (χ1) is 12.3. The zero-order valence-electron chi connectivity index (χ0n) is 14.2. The molecule has 1 aromatic carbocycles. The van der Waals surface area contributed by atoms with Gasteiger partial charge in [-0.05, 0) is 36.8 Å². The second-order valence-corrected chi connectivity index (χ2v) is 6.19. The molecule has 3 aromatic heterocycles. The molecule has 0 saturated heterocycles. The van der Waals surface area contributed by atoms with E-state index >= 15 is 0 Å². The van der Waals surface area contributed by atoms with Crippen LogP contribution in [0.15, 0.2) is 73.6 Å². The number of aromatic nitrogens is 4. The van der Waals surface area contributed by atoms with E-state index in [0.717, 1.165) is 30.0 Å². The zero-order valence-corrected chi connectivity index (χ0v) is 14.2. The number of rotatable bonds is 6. The van der Waals surface area contributed by atoms with Gasteiger partial charge in [-0.25, -0.2) is 9.97 Å². The highest BCUT2D eigenvalue weighted by Gasteiger charge is 2.06. The number of imidazole rings is 2. The van der Waals surface area contributed by atoms with Crippen molar-refractivity contribution in [2.45, 2.75) is 19.4 Å². The molecule has 0 aliphatic carbocycles. The number of hydrogen-bond donors (Lipinski definition) is 1. The van der Waals surface area contributed by atoms with Crippen LogP contribution in [0, 0.1) is 0 Å². The van der Waals surface area contributed by atoms with Crippen molar-refractivity contribution in [3.8, 4) is 5.69 Å². The van der Waals surface area contributed by atoms with Crippen molar-refractivity contribution >= 4 is 5.65 Å². The SMILES string of the molecule is CC(NCCc1cn2ccccc2n1)c1ccc(-n2ccnc2)cc1. The third kappa shape index (κ3) is 3.46. The smallest absolute Gasteiger partial charge is 0.136 e. The van der Waals surface area contributed by atoms with E-state index in [1.807, 2.05) is 41.5 Å². The molecule has 4 aromatic rings. The second-order valence-electron chi connectivity index (χ2n) is 6.19. The number of fused-ring (bicyclic) bond motifs is 1. The highest BCUT2D eigenvalue weighted by atomic mass is 15.0. The molecule has 4 rings (SSSR count). The summed E-state index contributed by atoms with van der Waals surface area (Å²) in [6.45, 7) is 3.09. The Labute approximate surface area is 147 Å². The molecule has 5 heteroatoms. The third-order valence-corrected chi connectivity index (χ3v) is 4.44. The van der Waals surface area contributed by atoms with Crippen LogP contribution in [0.25, 0.3) is 11.3 Å². The molecule has 126 valence electrons. The van der Waals surface area contributed by atoms with Gasteiger partial charge >= 0.3 is 0 Å². The van der Waals surface area contributed by atoms with E-state index in [2.05, 4.69) is 57.1 Å². The average Bonchev–Trinajstić information content (AvgIpc) is 3.31. The Kier molecular flexibility index (Phi) is 4.31. The lowest BCUT2D eigenvalue weighted by atomic mass is 10.1. The molecule has 3 heterocycles. The summed E-state index contributed by atoms with van der Waals surface area (Å²) in [7, 11) is 0. The predicted octanol–water partition coefficient (Wildman–Crippen LogP) is 3.41. The van der Waals surface area contributed by atoms with Gasteiger partial charge in [0.25, 0.3) is 0 Å². The molecule has 0 amide bonds. The second kappa shape index (κ2) is 6.91. The summed E-state index contributed by atoms with van der Waals surface area (Å²) >= 11 is 0. The number of hydrogen-bond acceptors (Lipinski definition) is 3. The minimum Gasteiger partial charge on any atom is -0.310 e. The molecule has 0 bridgehead atoms. The van der Waals surface area contributed by atoms with Gasteiger partial charge in [0.15, 0.2) is 0 Å². The Balaban J connectivity index is 1.34. The fraction of sp³-hybridized carbons (Fsp3) is 0.200. The Bertz CT molecular complexity index is 905. The van der Waals surface area contributed by atoms with E-state index in [1.165, 1.54) is 5.56 Å². The fourth-order valence-electron chi connectivity index (χ4n) is 2.99. The summed E-state index contributed by atoms with van der Waals surface area (Å²) in [5.74, 6) is 0. The number of nitrogens with zero attached hydrogens (tertiary/aromatic N) is 4. The van der Waals surface area contributed by atoms with Crippen molar-refractivity contribution in [1.82, 2.24) is 24.3 Å². The Hall–Kier alpha value is -2.92.